The van der Waals surface area contributed by atoms with E-state index in [1.165, 1.54) is 18.2 Å². The lowest BCUT2D eigenvalue weighted by molar-refractivity contribution is -0.138. The molecular weight excluding hydrogens is 343 g/mol. The lowest BCUT2D eigenvalue weighted by Crippen LogP contribution is -2.47. The third-order valence-electron chi connectivity index (χ3n) is 3.53. The molecule has 2 rings (SSSR count). The first-order valence-corrected chi connectivity index (χ1v) is 8.07. The van der Waals surface area contributed by atoms with E-state index in [4.69, 9.17) is 4.74 Å². The predicted molar refractivity (Wildman–Crippen MR) is 92.7 cm³/mol. The molecule has 1 aromatic carbocycles. The van der Waals surface area contributed by atoms with Gasteiger partial charge in [-0.3, -0.25) is 9.69 Å². The number of hydrogen-bond acceptors (Lipinski definition) is 5. The fourth-order valence-electron chi connectivity index (χ4n) is 2.42. The molecule has 9 heteroatoms. The van der Waals surface area contributed by atoms with E-state index in [1.54, 1.807) is 24.9 Å². The number of nitrogens with one attached hydrogen (secondary N) is 3. The number of hydrogen-bond donors (Lipinski definition) is 3. The number of halogens is 1. The summed E-state index contributed by atoms with van der Waals surface area (Å²) in [5, 5.41) is 7.67. The number of urea groups is 1. The minimum Gasteiger partial charge on any atom is -0.463 e. The van der Waals surface area contributed by atoms with E-state index in [0.29, 0.717) is 17.0 Å². The van der Waals surface area contributed by atoms with Crippen LogP contribution in [0.4, 0.5) is 14.9 Å². The first-order chi connectivity index (χ1) is 12.4. The van der Waals surface area contributed by atoms with Gasteiger partial charge in [0.15, 0.2) is 0 Å². The Morgan fingerprint density at radius 1 is 1.38 bits per heavy atom. The standard InChI is InChI=1S/C17H21FN4O4/c1-3-26-16(24)13-8-19-17(25)21-14(13)9-22(2)10-15(23)20-12-6-4-5-11(18)7-12/h4-7H,3,8-10H2,1-2H3,(H,20,23)(H2,19,21,25). The second kappa shape index (κ2) is 8.95. The van der Waals surface area contributed by atoms with Gasteiger partial charge in [-0.2, -0.15) is 0 Å². The van der Waals surface area contributed by atoms with E-state index in [9.17, 15) is 18.8 Å². The van der Waals surface area contributed by atoms with Crippen LogP contribution in [0.5, 0.6) is 0 Å². The molecule has 140 valence electrons. The molecule has 8 nitrogen and oxygen atoms in total. The summed E-state index contributed by atoms with van der Waals surface area (Å²) in [5.41, 5.74) is 1.04. The number of rotatable bonds is 7. The first kappa shape index (κ1) is 19.4. The number of benzene rings is 1. The molecule has 0 aliphatic carbocycles. The van der Waals surface area contributed by atoms with Gasteiger partial charge < -0.3 is 20.7 Å². The second-order valence-electron chi connectivity index (χ2n) is 5.72. The molecule has 3 amide bonds. The van der Waals surface area contributed by atoms with Crippen molar-refractivity contribution >= 4 is 23.6 Å². The molecule has 0 atom stereocenters. The van der Waals surface area contributed by atoms with Gasteiger partial charge in [-0.05, 0) is 32.2 Å². The van der Waals surface area contributed by atoms with Gasteiger partial charge >= 0.3 is 12.0 Å². The fraction of sp³-hybridized carbons (Fsp3) is 0.353. The van der Waals surface area contributed by atoms with Gasteiger partial charge in [0.25, 0.3) is 0 Å². The molecule has 3 N–H and O–H groups in total. The molecule has 1 heterocycles. The highest BCUT2D eigenvalue weighted by atomic mass is 19.1. The maximum absolute atomic E-state index is 13.1. The van der Waals surface area contributed by atoms with Crippen molar-refractivity contribution in [2.75, 3.05) is 38.6 Å². The van der Waals surface area contributed by atoms with Crippen molar-refractivity contribution in [3.8, 4) is 0 Å². The topological polar surface area (TPSA) is 99.8 Å². The summed E-state index contributed by atoms with van der Waals surface area (Å²) in [6, 6.07) is 5.15. The summed E-state index contributed by atoms with van der Waals surface area (Å²) < 4.78 is 18.1. The van der Waals surface area contributed by atoms with Crippen LogP contribution in [-0.2, 0) is 14.3 Å². The molecule has 1 aromatic rings. The molecule has 0 radical (unpaired) electrons. The lowest BCUT2D eigenvalue weighted by Gasteiger charge is -2.25. The minimum atomic E-state index is -0.521. The van der Waals surface area contributed by atoms with Crippen LogP contribution < -0.4 is 16.0 Å². The van der Waals surface area contributed by atoms with E-state index >= 15 is 0 Å². The number of nitrogens with zero attached hydrogens (tertiary/aromatic N) is 1. The Hall–Kier alpha value is -2.94. The maximum Gasteiger partial charge on any atom is 0.337 e. The van der Waals surface area contributed by atoms with Gasteiger partial charge in [0.1, 0.15) is 5.82 Å². The Morgan fingerprint density at radius 2 is 2.15 bits per heavy atom. The van der Waals surface area contributed by atoms with Crippen LogP contribution >= 0.6 is 0 Å². The fourth-order valence-corrected chi connectivity index (χ4v) is 2.42. The van der Waals surface area contributed by atoms with E-state index < -0.39 is 17.8 Å². The van der Waals surface area contributed by atoms with Gasteiger partial charge in [0.05, 0.1) is 25.3 Å². The molecule has 0 aromatic heterocycles. The number of esters is 1. The van der Waals surface area contributed by atoms with E-state index in [2.05, 4.69) is 16.0 Å². The highest BCUT2D eigenvalue weighted by Crippen LogP contribution is 2.11. The molecular formula is C17H21FN4O4. The summed E-state index contributed by atoms with van der Waals surface area (Å²) >= 11 is 0. The third-order valence-corrected chi connectivity index (χ3v) is 3.53. The van der Waals surface area contributed by atoms with Crippen molar-refractivity contribution < 1.29 is 23.5 Å². The van der Waals surface area contributed by atoms with Crippen LogP contribution in [0.1, 0.15) is 6.92 Å². The smallest absolute Gasteiger partial charge is 0.337 e. The van der Waals surface area contributed by atoms with Crippen molar-refractivity contribution in [2.45, 2.75) is 6.92 Å². The number of amides is 3. The van der Waals surface area contributed by atoms with Crippen LogP contribution in [0.15, 0.2) is 35.5 Å². The van der Waals surface area contributed by atoms with Gasteiger partial charge in [-0.1, -0.05) is 6.07 Å². The van der Waals surface area contributed by atoms with E-state index in [0.717, 1.165) is 0 Å². The van der Waals surface area contributed by atoms with Gasteiger partial charge in [-0.25, -0.2) is 14.0 Å². The Kier molecular flexibility index (Phi) is 6.67. The van der Waals surface area contributed by atoms with Crippen LogP contribution in [0.3, 0.4) is 0 Å². The monoisotopic (exact) mass is 364 g/mol. The van der Waals surface area contributed by atoms with Crippen LogP contribution in [0.25, 0.3) is 0 Å². The molecule has 0 saturated carbocycles. The summed E-state index contributed by atoms with van der Waals surface area (Å²) in [6.45, 7) is 2.12. The minimum absolute atomic E-state index is 0.0145. The van der Waals surface area contributed by atoms with Crippen molar-refractivity contribution in [3.05, 3.63) is 41.4 Å². The van der Waals surface area contributed by atoms with Crippen molar-refractivity contribution in [2.24, 2.45) is 0 Å². The summed E-state index contributed by atoms with van der Waals surface area (Å²) in [5.74, 6) is -1.32. The van der Waals surface area contributed by atoms with Crippen molar-refractivity contribution in [1.29, 1.82) is 0 Å². The highest BCUT2D eigenvalue weighted by molar-refractivity contribution is 5.94. The summed E-state index contributed by atoms with van der Waals surface area (Å²) in [4.78, 5) is 37.2. The largest absolute Gasteiger partial charge is 0.463 e. The van der Waals surface area contributed by atoms with Crippen LogP contribution in [-0.4, -0.2) is 56.1 Å². The molecule has 0 saturated heterocycles. The van der Waals surface area contributed by atoms with E-state index in [-0.39, 0.29) is 32.1 Å². The Labute approximate surface area is 150 Å². The molecule has 1 aliphatic rings. The normalized spacial score (nSPS) is 13.9. The number of likely N-dealkylation sites (N-methyl/N-ethyl adjacent to an activating group) is 1. The molecule has 1 aliphatic heterocycles. The van der Waals surface area contributed by atoms with Crippen LogP contribution in [0, 0.1) is 5.82 Å². The second-order valence-corrected chi connectivity index (χ2v) is 5.72. The average Bonchev–Trinajstić information content (AvgIpc) is 2.54. The molecule has 0 fully saturated rings. The van der Waals surface area contributed by atoms with Crippen molar-refractivity contribution in [1.82, 2.24) is 15.5 Å². The summed E-state index contributed by atoms with van der Waals surface area (Å²) in [7, 11) is 1.66. The van der Waals surface area contributed by atoms with Crippen molar-refractivity contribution in [3.63, 3.8) is 0 Å². The van der Waals surface area contributed by atoms with Gasteiger partial charge in [0, 0.05) is 17.9 Å². The quantitative estimate of drug-likeness (QED) is 0.622. The van der Waals surface area contributed by atoms with E-state index in [1.807, 2.05) is 0 Å². The zero-order valence-corrected chi connectivity index (χ0v) is 14.6. The average molecular weight is 364 g/mol. The number of carbonyl (C=O) groups is 3. The zero-order valence-electron chi connectivity index (χ0n) is 14.6. The lowest BCUT2D eigenvalue weighted by atomic mass is 10.1. The summed E-state index contributed by atoms with van der Waals surface area (Å²) in [6.07, 6.45) is 0. The third kappa shape index (κ3) is 5.55. The zero-order chi connectivity index (χ0) is 19.1. The number of ether oxygens (including phenoxy) is 1. The van der Waals surface area contributed by atoms with Gasteiger partial charge in [0.2, 0.25) is 5.91 Å². The number of carbonyl (C=O) groups excluding carboxylic acids is 3. The Balaban J connectivity index is 1.99. The Morgan fingerprint density at radius 3 is 2.85 bits per heavy atom. The molecule has 0 spiro atoms. The van der Waals surface area contributed by atoms with Gasteiger partial charge in [-0.15, -0.1) is 0 Å². The predicted octanol–water partition coefficient (Wildman–Crippen LogP) is 0.826. The molecule has 0 unspecified atom stereocenters. The number of anilines is 1. The van der Waals surface area contributed by atoms with Crippen LogP contribution in [0.2, 0.25) is 0 Å². The first-order valence-electron chi connectivity index (χ1n) is 8.07. The molecule has 0 bridgehead atoms. The molecule has 26 heavy (non-hydrogen) atoms. The SMILES string of the molecule is CCOC(=O)C1=C(CN(C)CC(=O)Nc2cccc(F)c2)NC(=O)NC1. The Bertz CT molecular complexity index is 735. The maximum atomic E-state index is 13.1. The highest BCUT2D eigenvalue weighted by Gasteiger charge is 2.24.